The summed E-state index contributed by atoms with van der Waals surface area (Å²) >= 11 is 0. The number of aryl methyl sites for hydroxylation is 1. The first-order chi connectivity index (χ1) is 27.1. The second kappa shape index (κ2) is 18.7. The maximum Gasteiger partial charge on any atom is 0.306 e. The first kappa shape index (κ1) is 42.7. The number of hydrogen-bond acceptors (Lipinski definition) is 9. The molecule has 304 valence electrons. The number of nitrogens with zero attached hydrogens (tertiary/aromatic N) is 1. The number of halogens is 2. The van der Waals surface area contributed by atoms with Gasteiger partial charge in [-0.2, -0.15) is 0 Å². The Morgan fingerprint density at radius 1 is 0.965 bits per heavy atom. The zero-order chi connectivity index (χ0) is 41.4. The Balaban J connectivity index is 1.46. The van der Waals surface area contributed by atoms with Crippen molar-refractivity contribution in [3.05, 3.63) is 113 Å². The number of ether oxygens (including phenoxy) is 3. The Morgan fingerprint density at radius 2 is 1.67 bits per heavy atom. The molecule has 0 aliphatic carbocycles. The molecule has 3 aromatic carbocycles. The van der Waals surface area contributed by atoms with Crippen molar-refractivity contribution in [2.75, 3.05) is 20.8 Å². The zero-order valence-corrected chi connectivity index (χ0v) is 33.1. The van der Waals surface area contributed by atoms with Crippen LogP contribution in [-0.2, 0) is 32.0 Å². The smallest absolute Gasteiger partial charge is 0.306 e. The molecule has 0 unspecified atom stereocenters. The van der Waals surface area contributed by atoms with E-state index < -0.39 is 71.0 Å². The number of benzene rings is 3. The number of aromatic nitrogens is 1. The normalized spacial score (nSPS) is 17.2. The molecule has 13 heteroatoms. The van der Waals surface area contributed by atoms with Crippen LogP contribution >= 0.6 is 0 Å². The van der Waals surface area contributed by atoms with Gasteiger partial charge >= 0.3 is 5.97 Å². The molecular weight excluding hydrogens is 736 g/mol. The zero-order valence-electron chi connectivity index (χ0n) is 33.1. The molecular formula is C44H51F2N3O8. The Hall–Kier alpha value is -5.40. The summed E-state index contributed by atoms with van der Waals surface area (Å²) in [6.07, 6.45) is -1.37. The van der Waals surface area contributed by atoms with Gasteiger partial charge in [-0.3, -0.25) is 14.4 Å². The van der Waals surface area contributed by atoms with Crippen molar-refractivity contribution in [2.45, 2.75) is 77.7 Å². The van der Waals surface area contributed by atoms with Gasteiger partial charge in [0.1, 0.15) is 30.1 Å². The summed E-state index contributed by atoms with van der Waals surface area (Å²) in [6, 6.07) is 17.5. The summed E-state index contributed by atoms with van der Waals surface area (Å²) in [5.74, 6) is -3.91. The molecule has 6 atom stereocenters. The fourth-order valence-electron chi connectivity index (χ4n) is 7.14. The van der Waals surface area contributed by atoms with Crippen molar-refractivity contribution in [1.82, 2.24) is 15.6 Å². The first-order valence-corrected chi connectivity index (χ1v) is 18.9. The first-order valence-electron chi connectivity index (χ1n) is 18.9. The summed E-state index contributed by atoms with van der Waals surface area (Å²) in [5, 5.41) is 28.8. The van der Waals surface area contributed by atoms with Crippen LogP contribution in [0.15, 0.2) is 79.0 Å². The van der Waals surface area contributed by atoms with E-state index in [0.717, 1.165) is 16.7 Å². The van der Waals surface area contributed by atoms with E-state index in [2.05, 4.69) is 15.6 Å². The Kier molecular flexibility index (Phi) is 14.0. The number of methoxy groups -OCH3 is 2. The predicted molar refractivity (Wildman–Crippen MR) is 209 cm³/mol. The molecule has 4 N–H and O–H groups in total. The molecule has 4 aromatic rings. The van der Waals surface area contributed by atoms with Gasteiger partial charge < -0.3 is 35.1 Å². The van der Waals surface area contributed by atoms with E-state index in [1.165, 1.54) is 38.5 Å². The molecule has 0 radical (unpaired) electrons. The molecule has 0 saturated carbocycles. The van der Waals surface area contributed by atoms with Crippen LogP contribution in [0.1, 0.15) is 61.9 Å². The maximum absolute atomic E-state index is 15.1. The van der Waals surface area contributed by atoms with Crippen LogP contribution in [0.4, 0.5) is 8.78 Å². The van der Waals surface area contributed by atoms with Gasteiger partial charge in [0.25, 0.3) is 0 Å². The van der Waals surface area contributed by atoms with Crippen LogP contribution in [0, 0.1) is 35.8 Å². The number of pyridine rings is 1. The SMILES string of the molecule is COC(=O)C[C@H](C(=O)N[C@@H](Cc1ccc(-c2ccc(OC)nc2)cc1)[C@@H](O)C[C@@H](Cc1ccccc1F)C(=O)N[C@H]1c2cc(F)cc(C)c2OC[C@H]1O)C(C)(C)C. The third-order valence-corrected chi connectivity index (χ3v) is 10.4. The average Bonchev–Trinajstić information content (AvgIpc) is 3.17. The van der Waals surface area contributed by atoms with Gasteiger partial charge in [0.05, 0.1) is 44.7 Å². The summed E-state index contributed by atoms with van der Waals surface area (Å²) in [7, 11) is 2.78. The van der Waals surface area contributed by atoms with Crippen molar-refractivity contribution >= 4 is 17.8 Å². The third-order valence-electron chi connectivity index (χ3n) is 10.4. The molecule has 0 fully saturated rings. The van der Waals surface area contributed by atoms with Crippen molar-refractivity contribution in [2.24, 2.45) is 17.3 Å². The highest BCUT2D eigenvalue weighted by molar-refractivity contribution is 5.85. The number of nitrogens with one attached hydrogen (secondary N) is 2. The van der Waals surface area contributed by atoms with Gasteiger partial charge in [0.15, 0.2) is 0 Å². The Labute approximate surface area is 331 Å². The number of carbonyl (C=O) groups is 3. The fraction of sp³-hybridized carbons (Fsp3) is 0.409. The number of esters is 1. The third kappa shape index (κ3) is 10.9. The average molecular weight is 788 g/mol. The van der Waals surface area contributed by atoms with Crippen molar-refractivity contribution in [3.8, 4) is 22.8 Å². The molecule has 0 spiro atoms. The van der Waals surface area contributed by atoms with Gasteiger partial charge in [0.2, 0.25) is 17.7 Å². The number of rotatable bonds is 15. The molecule has 1 aliphatic rings. The Bertz CT molecular complexity index is 2020. The van der Waals surface area contributed by atoms with Gasteiger partial charge in [-0.15, -0.1) is 0 Å². The predicted octanol–water partition coefficient (Wildman–Crippen LogP) is 5.82. The van der Waals surface area contributed by atoms with Gasteiger partial charge in [-0.25, -0.2) is 13.8 Å². The molecule has 5 rings (SSSR count). The molecule has 1 aromatic heterocycles. The highest BCUT2D eigenvalue weighted by atomic mass is 19.1. The summed E-state index contributed by atoms with van der Waals surface area (Å²) in [6.45, 7) is 6.97. The minimum Gasteiger partial charge on any atom is -0.490 e. The molecule has 0 bridgehead atoms. The lowest BCUT2D eigenvalue weighted by atomic mass is 9.77. The number of aliphatic hydroxyl groups is 2. The maximum atomic E-state index is 15.1. The highest BCUT2D eigenvalue weighted by Crippen LogP contribution is 2.36. The molecule has 57 heavy (non-hydrogen) atoms. The van der Waals surface area contributed by atoms with Crippen LogP contribution in [0.2, 0.25) is 0 Å². The molecule has 2 heterocycles. The summed E-state index contributed by atoms with van der Waals surface area (Å²) in [4.78, 5) is 45.0. The fourth-order valence-corrected chi connectivity index (χ4v) is 7.14. The monoisotopic (exact) mass is 787 g/mol. The number of aliphatic hydroxyl groups excluding tert-OH is 2. The van der Waals surface area contributed by atoms with E-state index in [9.17, 15) is 29.0 Å². The number of amides is 2. The van der Waals surface area contributed by atoms with Crippen LogP contribution in [0.5, 0.6) is 11.6 Å². The van der Waals surface area contributed by atoms with E-state index in [1.54, 1.807) is 31.3 Å². The lowest BCUT2D eigenvalue weighted by Gasteiger charge is -2.34. The quantitative estimate of drug-likeness (QED) is 0.109. The minimum atomic E-state index is -1.37. The molecule has 11 nitrogen and oxygen atoms in total. The topological polar surface area (TPSA) is 156 Å². The van der Waals surface area contributed by atoms with Gasteiger partial charge in [0, 0.05) is 29.3 Å². The second-order valence-corrected chi connectivity index (χ2v) is 15.6. The van der Waals surface area contributed by atoms with E-state index in [-0.39, 0.29) is 43.4 Å². The Morgan fingerprint density at radius 3 is 2.30 bits per heavy atom. The number of hydrogen-bond donors (Lipinski definition) is 4. The van der Waals surface area contributed by atoms with Crippen LogP contribution in [0.3, 0.4) is 0 Å². The number of carbonyl (C=O) groups excluding carboxylic acids is 3. The van der Waals surface area contributed by atoms with Crippen molar-refractivity contribution < 1.29 is 47.6 Å². The van der Waals surface area contributed by atoms with Crippen LogP contribution in [0.25, 0.3) is 11.1 Å². The minimum absolute atomic E-state index is 0.127. The van der Waals surface area contributed by atoms with E-state index in [0.29, 0.717) is 17.2 Å². The van der Waals surface area contributed by atoms with E-state index in [4.69, 9.17) is 14.2 Å². The van der Waals surface area contributed by atoms with Gasteiger partial charge in [-0.1, -0.05) is 63.2 Å². The van der Waals surface area contributed by atoms with Crippen LogP contribution < -0.4 is 20.1 Å². The van der Waals surface area contributed by atoms with E-state index >= 15 is 4.39 Å². The lowest BCUT2D eigenvalue weighted by Crippen LogP contribution is -2.51. The molecule has 1 aliphatic heterocycles. The second-order valence-electron chi connectivity index (χ2n) is 15.6. The van der Waals surface area contributed by atoms with E-state index in [1.807, 2.05) is 51.1 Å². The molecule has 2 amide bonds. The lowest BCUT2D eigenvalue weighted by molar-refractivity contribution is -0.146. The highest BCUT2D eigenvalue weighted by Gasteiger charge is 2.38. The van der Waals surface area contributed by atoms with Crippen molar-refractivity contribution in [3.63, 3.8) is 0 Å². The van der Waals surface area contributed by atoms with Crippen molar-refractivity contribution in [1.29, 1.82) is 0 Å². The summed E-state index contributed by atoms with van der Waals surface area (Å²) < 4.78 is 45.4. The molecule has 0 saturated heterocycles. The van der Waals surface area contributed by atoms with Crippen LogP contribution in [-0.4, -0.2) is 72.1 Å². The largest absolute Gasteiger partial charge is 0.490 e. The summed E-state index contributed by atoms with van der Waals surface area (Å²) in [5.41, 5.74) is 2.75. The standard InChI is InChI=1S/C44H51F2N3O8/c1-25-17-31(45)21-32-40(37(51)24-57-41(25)32)49-42(53)30(19-28-9-7-8-10-34(28)46)20-36(50)35(48-43(54)33(44(2,3)4)22-39(52)56-6)18-26-11-13-27(14-12-26)29-15-16-38(55-5)47-23-29/h7-17,21,23,30,33,35-37,40,50-51H,18-20,22,24H2,1-6H3,(H,48,54)(H,49,53)/t30-,33-,35+,36+,37-,40+/m1/s1. The number of fused-ring (bicyclic) bond motifs is 1. The van der Waals surface area contributed by atoms with Gasteiger partial charge in [-0.05, 0) is 78.1 Å².